The van der Waals surface area contributed by atoms with E-state index in [9.17, 15) is 0 Å². The average Bonchev–Trinajstić information content (AvgIpc) is 2.79. The molecule has 0 amide bonds. The zero-order chi connectivity index (χ0) is 12.0. The summed E-state index contributed by atoms with van der Waals surface area (Å²) >= 11 is 0. The molecule has 2 aliphatic carbocycles. The third kappa shape index (κ3) is 1.81. The fourth-order valence-corrected chi connectivity index (χ4v) is 3.87. The van der Waals surface area contributed by atoms with Crippen LogP contribution in [0.4, 0.5) is 0 Å². The Morgan fingerprint density at radius 3 is 2.00 bits per heavy atom. The number of hydrogen-bond donors (Lipinski definition) is 1. The summed E-state index contributed by atoms with van der Waals surface area (Å²) in [6.45, 7) is 5.55. The van der Waals surface area contributed by atoms with Crippen molar-refractivity contribution in [2.75, 3.05) is 6.54 Å². The molecule has 2 unspecified atom stereocenters. The molecule has 2 atom stereocenters. The maximum atomic E-state index is 5.82. The first-order valence-corrected chi connectivity index (χ1v) is 7.04. The van der Waals surface area contributed by atoms with Crippen LogP contribution in [0.1, 0.15) is 41.7 Å². The number of nitrogens with two attached hydrogens (primary N) is 1. The molecule has 0 aliphatic heterocycles. The average molecular weight is 229 g/mol. The Labute approximate surface area is 104 Å². The van der Waals surface area contributed by atoms with E-state index in [0.29, 0.717) is 0 Å². The predicted octanol–water partition coefficient (Wildman–Crippen LogP) is 2.66. The molecule has 0 aromatic heterocycles. The first-order valence-electron chi connectivity index (χ1n) is 7.04. The minimum Gasteiger partial charge on any atom is -0.330 e. The Bertz CT molecular complexity index is 411. The zero-order valence-corrected chi connectivity index (χ0v) is 11.1. The molecule has 2 N–H and O–H groups in total. The lowest BCUT2D eigenvalue weighted by Gasteiger charge is -2.14. The van der Waals surface area contributed by atoms with E-state index >= 15 is 0 Å². The standard InChI is InChI=1S/C16H23N/c1-10-5-12-9-13-6-11(2)8-16(13)14(3-4-17)15(12)7-10/h9-11H,3-8,17H2,1-2H3. The van der Waals surface area contributed by atoms with Crippen molar-refractivity contribution < 1.29 is 0 Å². The van der Waals surface area contributed by atoms with Crippen LogP contribution in [0.15, 0.2) is 6.07 Å². The molecule has 0 fully saturated rings. The quantitative estimate of drug-likeness (QED) is 0.829. The normalized spacial score (nSPS) is 26.1. The van der Waals surface area contributed by atoms with Gasteiger partial charge < -0.3 is 5.73 Å². The first-order chi connectivity index (χ1) is 8.19. The van der Waals surface area contributed by atoms with Crippen molar-refractivity contribution in [3.63, 3.8) is 0 Å². The van der Waals surface area contributed by atoms with E-state index in [1.165, 1.54) is 25.7 Å². The van der Waals surface area contributed by atoms with Gasteiger partial charge in [0.25, 0.3) is 0 Å². The molecule has 0 radical (unpaired) electrons. The Morgan fingerprint density at radius 1 is 1.00 bits per heavy atom. The van der Waals surface area contributed by atoms with Crippen LogP contribution in [-0.4, -0.2) is 6.54 Å². The van der Waals surface area contributed by atoms with Gasteiger partial charge in [0.1, 0.15) is 0 Å². The molecule has 1 heteroatoms. The highest BCUT2D eigenvalue weighted by atomic mass is 14.5. The van der Waals surface area contributed by atoms with Crippen molar-refractivity contribution in [3.8, 4) is 0 Å². The Kier molecular flexibility index (Phi) is 2.74. The number of hydrogen-bond acceptors (Lipinski definition) is 1. The van der Waals surface area contributed by atoms with Crippen molar-refractivity contribution in [2.45, 2.75) is 46.0 Å². The second-order valence-electron chi connectivity index (χ2n) is 6.20. The smallest absolute Gasteiger partial charge is 0.00365 e. The minimum atomic E-state index is 0.797. The van der Waals surface area contributed by atoms with Crippen molar-refractivity contribution in [3.05, 3.63) is 33.9 Å². The molecule has 1 aromatic rings. The van der Waals surface area contributed by atoms with E-state index in [1.807, 2.05) is 0 Å². The van der Waals surface area contributed by atoms with Crippen LogP contribution in [-0.2, 0) is 32.1 Å². The van der Waals surface area contributed by atoms with Crippen LogP contribution in [0.25, 0.3) is 0 Å². The topological polar surface area (TPSA) is 26.0 Å². The lowest BCUT2D eigenvalue weighted by Crippen LogP contribution is -2.09. The molecular formula is C16H23N. The second-order valence-corrected chi connectivity index (χ2v) is 6.20. The van der Waals surface area contributed by atoms with Crippen LogP contribution in [0.3, 0.4) is 0 Å². The molecular weight excluding hydrogens is 206 g/mol. The highest BCUT2D eigenvalue weighted by Gasteiger charge is 2.28. The lowest BCUT2D eigenvalue weighted by atomic mass is 9.92. The highest BCUT2D eigenvalue weighted by Crippen LogP contribution is 2.38. The maximum absolute atomic E-state index is 5.82. The van der Waals surface area contributed by atoms with Gasteiger partial charge >= 0.3 is 0 Å². The summed E-state index contributed by atoms with van der Waals surface area (Å²) in [7, 11) is 0. The molecule has 3 rings (SSSR count). The number of benzene rings is 1. The van der Waals surface area contributed by atoms with Crippen LogP contribution < -0.4 is 5.73 Å². The van der Waals surface area contributed by atoms with Gasteiger partial charge in [0.15, 0.2) is 0 Å². The largest absolute Gasteiger partial charge is 0.330 e. The van der Waals surface area contributed by atoms with E-state index in [2.05, 4.69) is 19.9 Å². The molecule has 2 aliphatic rings. The van der Waals surface area contributed by atoms with Gasteiger partial charge in [-0.1, -0.05) is 19.9 Å². The molecule has 0 heterocycles. The third-order valence-electron chi connectivity index (χ3n) is 4.49. The fraction of sp³-hybridized carbons (Fsp3) is 0.625. The molecule has 0 bridgehead atoms. The van der Waals surface area contributed by atoms with E-state index in [4.69, 9.17) is 5.73 Å². The van der Waals surface area contributed by atoms with Gasteiger partial charge in [-0.15, -0.1) is 0 Å². The summed E-state index contributed by atoms with van der Waals surface area (Å²) in [4.78, 5) is 0. The van der Waals surface area contributed by atoms with Crippen LogP contribution >= 0.6 is 0 Å². The number of fused-ring (bicyclic) bond motifs is 2. The van der Waals surface area contributed by atoms with Gasteiger partial charge in [-0.3, -0.25) is 0 Å². The first kappa shape index (κ1) is 11.3. The summed E-state index contributed by atoms with van der Waals surface area (Å²) in [6, 6.07) is 2.51. The summed E-state index contributed by atoms with van der Waals surface area (Å²) < 4.78 is 0. The molecule has 1 aromatic carbocycles. The van der Waals surface area contributed by atoms with E-state index in [0.717, 1.165) is 24.8 Å². The van der Waals surface area contributed by atoms with Crippen molar-refractivity contribution >= 4 is 0 Å². The van der Waals surface area contributed by atoms with Gasteiger partial charge in [0.2, 0.25) is 0 Å². The summed E-state index contributed by atoms with van der Waals surface area (Å²) in [5.74, 6) is 1.67. The van der Waals surface area contributed by atoms with Gasteiger partial charge in [-0.2, -0.15) is 0 Å². The monoisotopic (exact) mass is 229 g/mol. The molecule has 92 valence electrons. The molecule has 17 heavy (non-hydrogen) atoms. The minimum absolute atomic E-state index is 0.797. The summed E-state index contributed by atoms with van der Waals surface area (Å²) in [5.41, 5.74) is 14.0. The van der Waals surface area contributed by atoms with Gasteiger partial charge in [0.05, 0.1) is 0 Å². The molecule has 0 saturated carbocycles. The Hall–Kier alpha value is -0.820. The van der Waals surface area contributed by atoms with Gasteiger partial charge in [-0.25, -0.2) is 0 Å². The molecule has 1 nitrogen and oxygen atoms in total. The molecule has 0 spiro atoms. The van der Waals surface area contributed by atoms with Crippen molar-refractivity contribution in [2.24, 2.45) is 17.6 Å². The lowest BCUT2D eigenvalue weighted by molar-refractivity contribution is 0.617. The predicted molar refractivity (Wildman–Crippen MR) is 72.3 cm³/mol. The Morgan fingerprint density at radius 2 is 1.53 bits per heavy atom. The van der Waals surface area contributed by atoms with Gasteiger partial charge in [0, 0.05) is 0 Å². The maximum Gasteiger partial charge on any atom is -0.00365 e. The van der Waals surface area contributed by atoms with Crippen LogP contribution in [0.2, 0.25) is 0 Å². The number of rotatable bonds is 2. The van der Waals surface area contributed by atoms with E-state index in [1.54, 1.807) is 27.8 Å². The van der Waals surface area contributed by atoms with Crippen LogP contribution in [0, 0.1) is 11.8 Å². The second kappa shape index (κ2) is 4.13. The Balaban J connectivity index is 2.11. The summed E-state index contributed by atoms with van der Waals surface area (Å²) in [6.07, 6.45) is 6.23. The summed E-state index contributed by atoms with van der Waals surface area (Å²) in [5, 5.41) is 0. The van der Waals surface area contributed by atoms with E-state index < -0.39 is 0 Å². The van der Waals surface area contributed by atoms with Gasteiger partial charge in [-0.05, 0) is 78.3 Å². The zero-order valence-electron chi connectivity index (χ0n) is 11.1. The van der Waals surface area contributed by atoms with E-state index in [-0.39, 0.29) is 0 Å². The van der Waals surface area contributed by atoms with Crippen molar-refractivity contribution in [1.82, 2.24) is 0 Å². The third-order valence-corrected chi connectivity index (χ3v) is 4.49. The van der Waals surface area contributed by atoms with Crippen molar-refractivity contribution in [1.29, 1.82) is 0 Å². The fourth-order valence-electron chi connectivity index (χ4n) is 3.87. The SMILES string of the molecule is CC1Cc2cc3c(c(CCN)c2C1)CC(C)C3. The van der Waals surface area contributed by atoms with Crippen LogP contribution in [0.5, 0.6) is 0 Å². The highest BCUT2D eigenvalue weighted by molar-refractivity contribution is 5.51. The molecule has 0 saturated heterocycles.